The molecule has 2 atom stereocenters. The van der Waals surface area contributed by atoms with Crippen LogP contribution < -0.4 is 0 Å². The van der Waals surface area contributed by atoms with Gasteiger partial charge in [-0.2, -0.15) is 0 Å². The number of ketones is 1. The first-order chi connectivity index (χ1) is 15.0. The minimum Gasteiger partial charge on any atom is -0.295 e. The van der Waals surface area contributed by atoms with Crippen molar-refractivity contribution in [3.05, 3.63) is 118 Å². The molecule has 0 spiro atoms. The number of hydrogen-bond acceptors (Lipinski definition) is 1. The van der Waals surface area contributed by atoms with Gasteiger partial charge in [0.05, 0.1) is 0 Å². The van der Waals surface area contributed by atoms with Crippen LogP contribution in [-0.4, -0.2) is 5.78 Å². The van der Waals surface area contributed by atoms with Crippen molar-refractivity contribution < 1.29 is 4.79 Å². The van der Waals surface area contributed by atoms with Crippen molar-refractivity contribution in [2.24, 2.45) is 10.8 Å². The standard InChI is InChI=1S/C30H22O/c1-17(31)19-15-21-14-13-20-9-6-12-24-27-22-10-4-7-18-8-5-11-23(26(18)22)28(27)25(16-19)30(21,3)29(20,24)2/h4-16H,1-3H3/t29-,30-/m0/s1. The van der Waals surface area contributed by atoms with E-state index in [1.54, 1.807) is 6.92 Å². The Morgan fingerprint density at radius 2 is 1.42 bits per heavy atom. The molecule has 148 valence electrons. The lowest BCUT2D eigenvalue weighted by Crippen LogP contribution is -2.48. The lowest BCUT2D eigenvalue weighted by Gasteiger charge is -2.58. The van der Waals surface area contributed by atoms with E-state index in [4.69, 9.17) is 0 Å². The molecule has 5 aliphatic carbocycles. The van der Waals surface area contributed by atoms with Crippen LogP contribution in [0.2, 0.25) is 0 Å². The fourth-order valence-electron chi connectivity index (χ4n) is 6.72. The third kappa shape index (κ3) is 1.72. The molecule has 0 saturated heterocycles. The Labute approximate surface area is 182 Å². The monoisotopic (exact) mass is 398 g/mol. The third-order valence-electron chi connectivity index (χ3n) is 8.46. The molecule has 0 aliphatic heterocycles. The van der Waals surface area contributed by atoms with Gasteiger partial charge in [-0.15, -0.1) is 0 Å². The van der Waals surface area contributed by atoms with E-state index < -0.39 is 0 Å². The Bertz CT molecular complexity index is 1510. The van der Waals surface area contributed by atoms with Crippen LogP contribution in [-0.2, 0) is 4.79 Å². The second kappa shape index (κ2) is 5.23. The van der Waals surface area contributed by atoms with Crippen LogP contribution in [0.1, 0.15) is 31.9 Å². The molecule has 0 saturated carbocycles. The smallest absolute Gasteiger partial charge is 0.159 e. The van der Waals surface area contributed by atoms with Crippen LogP contribution in [0.15, 0.2) is 107 Å². The van der Waals surface area contributed by atoms with Crippen molar-refractivity contribution in [3.63, 3.8) is 0 Å². The summed E-state index contributed by atoms with van der Waals surface area (Å²) in [5.41, 5.74) is 10.9. The molecular weight excluding hydrogens is 376 g/mol. The van der Waals surface area contributed by atoms with E-state index in [0.717, 1.165) is 5.57 Å². The molecule has 0 heterocycles. The molecule has 0 aromatic heterocycles. The minimum atomic E-state index is -0.227. The van der Waals surface area contributed by atoms with Crippen LogP contribution in [0.4, 0.5) is 0 Å². The van der Waals surface area contributed by atoms with Crippen LogP contribution >= 0.6 is 0 Å². The average molecular weight is 399 g/mol. The molecule has 0 N–H and O–H groups in total. The van der Waals surface area contributed by atoms with Gasteiger partial charge in [-0.1, -0.05) is 80.6 Å². The Hall–Kier alpha value is -3.45. The summed E-state index contributed by atoms with van der Waals surface area (Å²) in [6.07, 6.45) is 15.6. The second-order valence-electron chi connectivity index (χ2n) is 9.61. The molecule has 0 bridgehead atoms. The van der Waals surface area contributed by atoms with Gasteiger partial charge in [0.1, 0.15) is 0 Å². The van der Waals surface area contributed by atoms with Crippen molar-refractivity contribution in [2.75, 3.05) is 0 Å². The maximum Gasteiger partial charge on any atom is 0.159 e. The zero-order valence-corrected chi connectivity index (χ0v) is 17.9. The number of hydrogen-bond donors (Lipinski definition) is 0. The fraction of sp³-hybridized carbons (Fsp3) is 0.167. The van der Waals surface area contributed by atoms with Gasteiger partial charge >= 0.3 is 0 Å². The topological polar surface area (TPSA) is 17.1 Å². The first-order valence-electron chi connectivity index (χ1n) is 11.0. The van der Waals surface area contributed by atoms with Crippen LogP contribution in [0.25, 0.3) is 21.9 Å². The number of carbonyl (C=O) groups excluding carboxylic acids is 1. The van der Waals surface area contributed by atoms with Crippen molar-refractivity contribution in [2.45, 2.75) is 20.8 Å². The summed E-state index contributed by atoms with van der Waals surface area (Å²) in [7, 11) is 0. The maximum absolute atomic E-state index is 12.5. The van der Waals surface area contributed by atoms with Gasteiger partial charge < -0.3 is 0 Å². The number of rotatable bonds is 1. The Morgan fingerprint density at radius 3 is 2.13 bits per heavy atom. The molecular formula is C30H22O. The van der Waals surface area contributed by atoms with Crippen molar-refractivity contribution in [3.8, 4) is 0 Å². The molecule has 2 aromatic rings. The normalized spacial score (nSPS) is 28.9. The number of allylic oxidation sites excluding steroid dienone is 14. The van der Waals surface area contributed by atoms with Crippen LogP contribution in [0.5, 0.6) is 0 Å². The van der Waals surface area contributed by atoms with Gasteiger partial charge in [0.25, 0.3) is 0 Å². The first kappa shape index (κ1) is 17.3. The van der Waals surface area contributed by atoms with Gasteiger partial charge in [0.15, 0.2) is 5.78 Å². The highest BCUT2D eigenvalue weighted by Crippen LogP contribution is 2.72. The van der Waals surface area contributed by atoms with Crippen molar-refractivity contribution in [1.29, 1.82) is 0 Å². The third-order valence-corrected chi connectivity index (χ3v) is 8.46. The zero-order chi connectivity index (χ0) is 21.1. The SMILES string of the molecule is CC(=O)C1=CC2=CC=C3C=CC=C4C5=C(C(=C1)[C@@]2(C)[C@@]34C)c1cccc2cccc5c12. The Balaban J connectivity index is 1.71. The number of Topliss-reactive ketones (excluding diaryl/α,β-unsaturated/α-hetero) is 1. The van der Waals surface area contributed by atoms with E-state index in [2.05, 4.69) is 92.8 Å². The minimum absolute atomic E-state index is 0.121. The van der Waals surface area contributed by atoms with Gasteiger partial charge in [0, 0.05) is 16.4 Å². The zero-order valence-electron chi connectivity index (χ0n) is 17.9. The summed E-state index contributed by atoms with van der Waals surface area (Å²) in [5, 5.41) is 2.62. The van der Waals surface area contributed by atoms with E-state index in [1.165, 1.54) is 55.3 Å². The summed E-state index contributed by atoms with van der Waals surface area (Å²) in [6.45, 7) is 6.45. The van der Waals surface area contributed by atoms with Crippen LogP contribution in [0, 0.1) is 10.8 Å². The highest BCUT2D eigenvalue weighted by atomic mass is 16.1. The lowest BCUT2D eigenvalue weighted by molar-refractivity contribution is -0.113. The highest BCUT2D eigenvalue weighted by Gasteiger charge is 2.60. The summed E-state index contributed by atoms with van der Waals surface area (Å²) >= 11 is 0. The molecule has 0 unspecified atom stereocenters. The molecule has 0 amide bonds. The quantitative estimate of drug-likeness (QED) is 0.510. The van der Waals surface area contributed by atoms with Gasteiger partial charge in [0.2, 0.25) is 0 Å². The van der Waals surface area contributed by atoms with Crippen LogP contribution in [0.3, 0.4) is 0 Å². The largest absolute Gasteiger partial charge is 0.295 e. The number of carbonyl (C=O) groups is 1. The van der Waals surface area contributed by atoms with Gasteiger partial charge in [-0.3, -0.25) is 4.79 Å². The predicted octanol–water partition coefficient (Wildman–Crippen LogP) is 6.91. The lowest BCUT2D eigenvalue weighted by atomic mass is 9.44. The molecule has 5 aliphatic rings. The highest BCUT2D eigenvalue weighted by molar-refractivity contribution is 6.23. The summed E-state index contributed by atoms with van der Waals surface area (Å²) in [6, 6.07) is 13.3. The summed E-state index contributed by atoms with van der Waals surface area (Å²) in [4.78, 5) is 12.5. The van der Waals surface area contributed by atoms with Crippen molar-refractivity contribution in [1.82, 2.24) is 0 Å². The first-order valence-corrected chi connectivity index (χ1v) is 11.0. The second-order valence-corrected chi connectivity index (χ2v) is 9.61. The van der Waals surface area contributed by atoms with E-state index in [1.807, 2.05) is 0 Å². The summed E-state index contributed by atoms with van der Waals surface area (Å²) in [5.74, 6) is 0.121. The Morgan fingerprint density at radius 1 is 0.774 bits per heavy atom. The molecule has 0 radical (unpaired) electrons. The number of fused-ring (bicyclic) bond motifs is 4. The summed E-state index contributed by atoms with van der Waals surface area (Å²) < 4.78 is 0. The molecule has 31 heavy (non-hydrogen) atoms. The molecule has 0 fully saturated rings. The van der Waals surface area contributed by atoms with Gasteiger partial charge in [-0.25, -0.2) is 0 Å². The fourth-order valence-corrected chi connectivity index (χ4v) is 6.72. The van der Waals surface area contributed by atoms with Crippen molar-refractivity contribution >= 4 is 27.7 Å². The molecule has 1 nitrogen and oxygen atoms in total. The average Bonchev–Trinajstić information content (AvgIpc) is 3.09. The number of benzene rings is 2. The van der Waals surface area contributed by atoms with E-state index in [9.17, 15) is 4.79 Å². The van der Waals surface area contributed by atoms with E-state index in [0.29, 0.717) is 0 Å². The molecule has 1 heteroatoms. The van der Waals surface area contributed by atoms with E-state index in [-0.39, 0.29) is 16.6 Å². The molecule has 7 rings (SSSR count). The Kier molecular flexibility index (Phi) is 2.91. The van der Waals surface area contributed by atoms with Gasteiger partial charge in [-0.05, 0) is 74.4 Å². The maximum atomic E-state index is 12.5. The van der Waals surface area contributed by atoms with E-state index >= 15 is 0 Å². The predicted molar refractivity (Wildman–Crippen MR) is 127 cm³/mol. The molecule has 2 aromatic carbocycles.